The van der Waals surface area contributed by atoms with Crippen LogP contribution < -0.4 is 5.32 Å². The Bertz CT molecular complexity index is 844. The predicted molar refractivity (Wildman–Crippen MR) is 89.1 cm³/mol. The minimum Gasteiger partial charge on any atom is -0.453 e. The standard InChI is InChI=1S/C18H18N2O5/c1-10(16(21)20-18(23)24-2)25-17(22)13-9-15(11-7-8-11)19-14-6-4-3-5-12(13)14/h3-6,9-11H,7-8H2,1-2H3,(H,20,21,23)/t10-/m0/s1. The van der Waals surface area contributed by atoms with Gasteiger partial charge in [0.25, 0.3) is 5.91 Å². The number of pyridine rings is 1. The van der Waals surface area contributed by atoms with Gasteiger partial charge in [0.2, 0.25) is 0 Å². The molecule has 1 aliphatic carbocycles. The maximum absolute atomic E-state index is 12.6. The lowest BCUT2D eigenvalue weighted by molar-refractivity contribution is -0.128. The van der Waals surface area contributed by atoms with E-state index in [9.17, 15) is 14.4 Å². The fourth-order valence-corrected chi connectivity index (χ4v) is 2.48. The maximum Gasteiger partial charge on any atom is 0.413 e. The highest BCUT2D eigenvalue weighted by Crippen LogP contribution is 2.40. The number of nitrogens with one attached hydrogen (secondary N) is 1. The van der Waals surface area contributed by atoms with Gasteiger partial charge in [-0.05, 0) is 31.9 Å². The molecule has 1 aliphatic rings. The summed E-state index contributed by atoms with van der Waals surface area (Å²) in [4.78, 5) is 40.1. The van der Waals surface area contributed by atoms with Crippen LogP contribution in [-0.2, 0) is 14.3 Å². The number of methoxy groups -OCH3 is 1. The van der Waals surface area contributed by atoms with E-state index in [1.165, 1.54) is 6.92 Å². The van der Waals surface area contributed by atoms with E-state index in [-0.39, 0.29) is 0 Å². The zero-order valence-electron chi connectivity index (χ0n) is 13.9. The Morgan fingerprint density at radius 1 is 1.24 bits per heavy atom. The second-order valence-corrected chi connectivity index (χ2v) is 5.91. The molecule has 0 saturated heterocycles. The Labute approximate surface area is 144 Å². The van der Waals surface area contributed by atoms with Gasteiger partial charge in [-0.3, -0.25) is 15.1 Å². The molecule has 25 heavy (non-hydrogen) atoms. The number of ether oxygens (including phenoxy) is 2. The summed E-state index contributed by atoms with van der Waals surface area (Å²) in [5.41, 5.74) is 1.94. The van der Waals surface area contributed by atoms with E-state index >= 15 is 0 Å². The number of carbonyl (C=O) groups is 3. The topological polar surface area (TPSA) is 94.6 Å². The number of fused-ring (bicyclic) bond motifs is 1. The number of nitrogens with zero attached hydrogens (tertiary/aromatic N) is 1. The molecule has 7 nitrogen and oxygen atoms in total. The molecular formula is C18H18N2O5. The van der Waals surface area contributed by atoms with Crippen molar-refractivity contribution in [3.63, 3.8) is 0 Å². The van der Waals surface area contributed by atoms with Gasteiger partial charge < -0.3 is 9.47 Å². The van der Waals surface area contributed by atoms with Crippen molar-refractivity contribution in [2.75, 3.05) is 7.11 Å². The Hall–Kier alpha value is -2.96. The van der Waals surface area contributed by atoms with E-state index in [0.717, 1.165) is 25.6 Å². The summed E-state index contributed by atoms with van der Waals surface area (Å²) in [6.07, 6.45) is 0.0661. The molecule has 1 saturated carbocycles. The van der Waals surface area contributed by atoms with Crippen LogP contribution in [0.15, 0.2) is 30.3 Å². The summed E-state index contributed by atoms with van der Waals surface area (Å²) in [6, 6.07) is 9.02. The molecule has 0 radical (unpaired) electrons. The van der Waals surface area contributed by atoms with Crippen LogP contribution >= 0.6 is 0 Å². The summed E-state index contributed by atoms with van der Waals surface area (Å²) in [6.45, 7) is 1.39. The number of imide groups is 1. The van der Waals surface area contributed by atoms with Gasteiger partial charge in [-0.1, -0.05) is 18.2 Å². The minimum absolute atomic E-state index is 0.366. The fourth-order valence-electron chi connectivity index (χ4n) is 2.48. The summed E-state index contributed by atoms with van der Waals surface area (Å²) >= 11 is 0. The monoisotopic (exact) mass is 342 g/mol. The van der Waals surface area contributed by atoms with Crippen LogP contribution in [-0.4, -0.2) is 36.2 Å². The molecular weight excluding hydrogens is 324 g/mol. The number of rotatable bonds is 4. The predicted octanol–water partition coefficient (Wildman–Crippen LogP) is 2.54. The van der Waals surface area contributed by atoms with E-state index in [1.807, 2.05) is 23.5 Å². The number of esters is 1. The molecule has 1 fully saturated rings. The molecule has 1 atom stereocenters. The van der Waals surface area contributed by atoms with E-state index in [2.05, 4.69) is 9.72 Å². The van der Waals surface area contributed by atoms with Crippen LogP contribution in [0.2, 0.25) is 0 Å². The number of carbonyl (C=O) groups excluding carboxylic acids is 3. The lowest BCUT2D eigenvalue weighted by atomic mass is 10.1. The SMILES string of the molecule is COC(=O)NC(=O)[C@H](C)OC(=O)c1cc(C2CC2)nc2ccccc12. The maximum atomic E-state index is 12.6. The van der Waals surface area contributed by atoms with Gasteiger partial charge in [-0.15, -0.1) is 0 Å². The van der Waals surface area contributed by atoms with E-state index in [1.54, 1.807) is 12.1 Å². The first-order chi connectivity index (χ1) is 12.0. The van der Waals surface area contributed by atoms with Gasteiger partial charge in [0, 0.05) is 17.0 Å². The minimum atomic E-state index is -1.14. The molecule has 0 aliphatic heterocycles. The molecule has 0 bridgehead atoms. The highest BCUT2D eigenvalue weighted by atomic mass is 16.6. The Morgan fingerprint density at radius 3 is 2.64 bits per heavy atom. The molecule has 0 unspecified atom stereocenters. The van der Waals surface area contributed by atoms with Gasteiger partial charge in [0.1, 0.15) is 0 Å². The molecule has 2 aromatic rings. The molecule has 7 heteroatoms. The smallest absolute Gasteiger partial charge is 0.413 e. The molecule has 1 aromatic heterocycles. The summed E-state index contributed by atoms with van der Waals surface area (Å²) < 4.78 is 9.57. The second kappa shape index (κ2) is 6.88. The quantitative estimate of drug-likeness (QED) is 0.858. The zero-order valence-corrected chi connectivity index (χ0v) is 13.9. The van der Waals surface area contributed by atoms with Gasteiger partial charge in [-0.2, -0.15) is 0 Å². The summed E-state index contributed by atoms with van der Waals surface area (Å²) in [7, 11) is 1.14. The van der Waals surface area contributed by atoms with Gasteiger partial charge in [0.15, 0.2) is 6.10 Å². The van der Waals surface area contributed by atoms with Crippen molar-refractivity contribution in [3.8, 4) is 0 Å². The highest BCUT2D eigenvalue weighted by Gasteiger charge is 2.28. The van der Waals surface area contributed by atoms with Crippen molar-refractivity contribution >= 4 is 28.9 Å². The third-order valence-electron chi connectivity index (χ3n) is 4.02. The number of benzene rings is 1. The van der Waals surface area contributed by atoms with E-state index in [4.69, 9.17) is 4.74 Å². The molecule has 1 N–H and O–H groups in total. The molecule has 2 amide bonds. The lowest BCUT2D eigenvalue weighted by Gasteiger charge is -2.14. The van der Waals surface area contributed by atoms with Crippen molar-refractivity contribution in [2.45, 2.75) is 31.8 Å². The first-order valence-electron chi connectivity index (χ1n) is 7.99. The number of amides is 2. The van der Waals surface area contributed by atoms with Gasteiger partial charge >= 0.3 is 12.1 Å². The Balaban J connectivity index is 1.84. The van der Waals surface area contributed by atoms with E-state index in [0.29, 0.717) is 22.4 Å². The van der Waals surface area contributed by atoms with Crippen molar-refractivity contribution in [1.29, 1.82) is 0 Å². The summed E-state index contributed by atoms with van der Waals surface area (Å²) in [5, 5.41) is 2.64. The third kappa shape index (κ3) is 3.76. The molecule has 1 heterocycles. The van der Waals surface area contributed by atoms with Crippen LogP contribution in [0.5, 0.6) is 0 Å². The zero-order chi connectivity index (χ0) is 18.0. The largest absolute Gasteiger partial charge is 0.453 e. The first kappa shape index (κ1) is 16.9. The molecule has 3 rings (SSSR count). The van der Waals surface area contributed by atoms with Crippen molar-refractivity contribution in [2.24, 2.45) is 0 Å². The van der Waals surface area contributed by atoms with Crippen molar-refractivity contribution in [1.82, 2.24) is 10.3 Å². The van der Waals surface area contributed by atoms with E-state index < -0.39 is 24.1 Å². The molecule has 0 spiro atoms. The van der Waals surface area contributed by atoms with Crippen molar-refractivity contribution < 1.29 is 23.9 Å². The van der Waals surface area contributed by atoms with Gasteiger partial charge in [0.05, 0.1) is 18.2 Å². The highest BCUT2D eigenvalue weighted by molar-refractivity contribution is 6.04. The summed E-state index contributed by atoms with van der Waals surface area (Å²) in [5.74, 6) is -1.01. The number of hydrogen-bond acceptors (Lipinski definition) is 6. The van der Waals surface area contributed by atoms with Crippen molar-refractivity contribution in [3.05, 3.63) is 41.6 Å². The third-order valence-corrected chi connectivity index (χ3v) is 4.02. The Morgan fingerprint density at radius 2 is 1.96 bits per heavy atom. The fraction of sp³-hybridized carbons (Fsp3) is 0.333. The number of aromatic nitrogens is 1. The average molecular weight is 342 g/mol. The number of hydrogen-bond donors (Lipinski definition) is 1. The van der Waals surface area contributed by atoms with Crippen LogP contribution in [0.25, 0.3) is 10.9 Å². The normalized spacial score (nSPS) is 14.6. The van der Waals surface area contributed by atoms with Crippen LogP contribution in [0, 0.1) is 0 Å². The molecule has 130 valence electrons. The number of alkyl carbamates (subject to hydrolysis) is 1. The van der Waals surface area contributed by atoms with Crippen LogP contribution in [0.3, 0.4) is 0 Å². The lowest BCUT2D eigenvalue weighted by Crippen LogP contribution is -2.39. The Kier molecular flexibility index (Phi) is 4.65. The second-order valence-electron chi connectivity index (χ2n) is 5.91. The van der Waals surface area contributed by atoms with Crippen LogP contribution in [0.4, 0.5) is 4.79 Å². The number of para-hydroxylation sites is 1. The van der Waals surface area contributed by atoms with Gasteiger partial charge in [-0.25, -0.2) is 9.59 Å². The average Bonchev–Trinajstić information content (AvgIpc) is 3.45. The van der Waals surface area contributed by atoms with Crippen LogP contribution in [0.1, 0.15) is 41.7 Å². The molecule has 1 aromatic carbocycles. The first-order valence-corrected chi connectivity index (χ1v) is 7.99.